The van der Waals surface area contributed by atoms with Crippen molar-refractivity contribution in [2.75, 3.05) is 20.0 Å². The van der Waals surface area contributed by atoms with E-state index in [1.165, 1.54) is 5.56 Å². The van der Waals surface area contributed by atoms with Gasteiger partial charge in [-0.25, -0.2) is 0 Å². The third-order valence-corrected chi connectivity index (χ3v) is 4.12. The average molecular weight is 328 g/mol. The molecule has 0 spiro atoms. The molecule has 0 amide bonds. The number of rotatable bonds is 7. The van der Waals surface area contributed by atoms with Crippen LogP contribution in [0.2, 0.25) is 0 Å². The highest BCUT2D eigenvalue weighted by Gasteiger charge is 2.22. The topological polar surface area (TPSA) is 36.9 Å². The average Bonchev–Trinajstić information content (AvgIpc) is 3.07. The van der Waals surface area contributed by atoms with Crippen molar-refractivity contribution in [3.05, 3.63) is 47.5 Å². The lowest BCUT2D eigenvalue weighted by Gasteiger charge is -2.18. The van der Waals surface area contributed by atoms with Gasteiger partial charge in [-0.1, -0.05) is 26.0 Å². The molecule has 0 radical (unpaired) electrons. The Kier molecular flexibility index (Phi) is 5.14. The van der Waals surface area contributed by atoms with E-state index >= 15 is 0 Å². The van der Waals surface area contributed by atoms with Crippen molar-refractivity contribution >= 4 is 0 Å². The van der Waals surface area contributed by atoms with Crippen molar-refractivity contribution in [1.82, 2.24) is 0 Å². The summed E-state index contributed by atoms with van der Waals surface area (Å²) in [6, 6.07) is 12.2. The van der Waals surface area contributed by atoms with E-state index in [0.717, 1.165) is 41.6 Å². The van der Waals surface area contributed by atoms with E-state index in [-0.39, 0.29) is 12.7 Å². The van der Waals surface area contributed by atoms with Crippen LogP contribution >= 0.6 is 0 Å². The van der Waals surface area contributed by atoms with Crippen molar-refractivity contribution in [2.45, 2.75) is 33.1 Å². The molecule has 0 saturated carbocycles. The van der Waals surface area contributed by atoms with Crippen LogP contribution in [0.1, 0.15) is 44.2 Å². The molecular weight excluding hydrogens is 304 g/mol. The third-order valence-electron chi connectivity index (χ3n) is 4.12. The number of benzene rings is 2. The van der Waals surface area contributed by atoms with Crippen LogP contribution < -0.4 is 18.9 Å². The van der Waals surface area contributed by atoms with Crippen LogP contribution in [0.15, 0.2) is 36.4 Å². The van der Waals surface area contributed by atoms with E-state index in [0.29, 0.717) is 6.61 Å². The molecule has 1 heterocycles. The summed E-state index contributed by atoms with van der Waals surface area (Å²) < 4.78 is 22.5. The van der Waals surface area contributed by atoms with Crippen LogP contribution in [0.4, 0.5) is 0 Å². The molecule has 0 bridgehead atoms. The first-order valence-corrected chi connectivity index (χ1v) is 8.52. The van der Waals surface area contributed by atoms with E-state index in [9.17, 15) is 0 Å². The van der Waals surface area contributed by atoms with Gasteiger partial charge in [-0.05, 0) is 37.1 Å². The van der Waals surface area contributed by atoms with Gasteiger partial charge in [0.1, 0.15) is 11.5 Å². The predicted molar refractivity (Wildman–Crippen MR) is 93.5 cm³/mol. The van der Waals surface area contributed by atoms with Crippen LogP contribution in [-0.4, -0.2) is 20.0 Å². The molecule has 0 N–H and O–H groups in total. The Morgan fingerprint density at radius 3 is 2.38 bits per heavy atom. The lowest BCUT2D eigenvalue weighted by molar-refractivity contribution is 0.173. The summed E-state index contributed by atoms with van der Waals surface area (Å²) in [6.45, 7) is 7.88. The van der Waals surface area contributed by atoms with Crippen molar-refractivity contribution in [2.24, 2.45) is 0 Å². The molecule has 1 aliphatic heterocycles. The van der Waals surface area contributed by atoms with Gasteiger partial charge in [0, 0.05) is 17.5 Å². The van der Waals surface area contributed by atoms with E-state index in [2.05, 4.69) is 26.0 Å². The van der Waals surface area contributed by atoms with E-state index < -0.39 is 0 Å². The van der Waals surface area contributed by atoms with Gasteiger partial charge in [0.15, 0.2) is 11.5 Å². The molecule has 3 rings (SSSR count). The van der Waals surface area contributed by atoms with Crippen LogP contribution in [0.25, 0.3) is 0 Å². The molecule has 2 aromatic carbocycles. The van der Waals surface area contributed by atoms with E-state index in [4.69, 9.17) is 18.9 Å². The second-order valence-corrected chi connectivity index (χ2v) is 5.82. The summed E-state index contributed by atoms with van der Waals surface area (Å²) in [7, 11) is 0. The van der Waals surface area contributed by atoms with Crippen molar-refractivity contribution in [3.8, 4) is 23.0 Å². The van der Waals surface area contributed by atoms with Crippen LogP contribution in [0.3, 0.4) is 0 Å². The van der Waals surface area contributed by atoms with Crippen LogP contribution in [0.5, 0.6) is 23.0 Å². The minimum Gasteiger partial charge on any atom is -0.494 e. The molecule has 0 aliphatic carbocycles. The fourth-order valence-electron chi connectivity index (χ4n) is 2.81. The summed E-state index contributed by atoms with van der Waals surface area (Å²) in [4.78, 5) is 0. The van der Waals surface area contributed by atoms with Crippen molar-refractivity contribution in [1.29, 1.82) is 0 Å². The van der Waals surface area contributed by atoms with Gasteiger partial charge in [-0.2, -0.15) is 0 Å². The molecule has 1 aliphatic rings. The molecule has 24 heavy (non-hydrogen) atoms. The molecule has 0 saturated heterocycles. The predicted octanol–water partition coefficient (Wildman–Crippen LogP) is 4.75. The monoisotopic (exact) mass is 328 g/mol. The maximum absolute atomic E-state index is 5.82. The lowest BCUT2D eigenvalue weighted by Crippen LogP contribution is -2.02. The first kappa shape index (κ1) is 16.5. The summed E-state index contributed by atoms with van der Waals surface area (Å²) >= 11 is 0. The molecule has 4 nitrogen and oxygen atoms in total. The summed E-state index contributed by atoms with van der Waals surface area (Å²) in [5.41, 5.74) is 2.31. The zero-order valence-corrected chi connectivity index (χ0v) is 14.5. The molecule has 1 unspecified atom stereocenters. The summed E-state index contributed by atoms with van der Waals surface area (Å²) in [5.74, 6) is 3.46. The molecule has 0 aromatic heterocycles. The van der Waals surface area contributed by atoms with Crippen LogP contribution in [0, 0.1) is 0 Å². The molecule has 1 atom stereocenters. The number of hydrogen-bond donors (Lipinski definition) is 0. The first-order chi connectivity index (χ1) is 11.7. The Morgan fingerprint density at radius 1 is 1.00 bits per heavy atom. The van der Waals surface area contributed by atoms with Gasteiger partial charge in [0.05, 0.1) is 13.2 Å². The summed E-state index contributed by atoms with van der Waals surface area (Å²) in [6.07, 6.45) is 1.01. The van der Waals surface area contributed by atoms with Gasteiger partial charge in [0.25, 0.3) is 0 Å². The molecule has 128 valence electrons. The standard InChI is InChI=1S/C20H24O4/c1-4-10-22-16-8-6-15(7-9-16)14(3)17-11-19-20(24-13-23-19)12-18(17)21-5-2/h6-9,11-12,14H,4-5,10,13H2,1-3H3. The van der Waals surface area contributed by atoms with Crippen molar-refractivity contribution < 1.29 is 18.9 Å². The van der Waals surface area contributed by atoms with Gasteiger partial charge >= 0.3 is 0 Å². The molecule has 0 fully saturated rings. The minimum atomic E-state index is 0.182. The Hall–Kier alpha value is -2.36. The Labute approximate surface area is 143 Å². The van der Waals surface area contributed by atoms with Gasteiger partial charge in [0.2, 0.25) is 6.79 Å². The number of hydrogen-bond acceptors (Lipinski definition) is 4. The maximum atomic E-state index is 5.82. The van der Waals surface area contributed by atoms with Crippen LogP contribution in [-0.2, 0) is 0 Å². The Morgan fingerprint density at radius 2 is 1.71 bits per heavy atom. The smallest absolute Gasteiger partial charge is 0.231 e. The SMILES string of the molecule is CCCOc1ccc(C(C)c2cc3c(cc2OCC)OCO3)cc1. The van der Waals surface area contributed by atoms with Gasteiger partial charge < -0.3 is 18.9 Å². The normalized spacial score (nSPS) is 13.6. The Bertz CT molecular complexity index is 679. The highest BCUT2D eigenvalue weighted by Crippen LogP contribution is 2.42. The second-order valence-electron chi connectivity index (χ2n) is 5.82. The minimum absolute atomic E-state index is 0.182. The zero-order chi connectivity index (χ0) is 16.9. The lowest BCUT2D eigenvalue weighted by atomic mass is 9.92. The number of ether oxygens (including phenoxy) is 4. The van der Waals surface area contributed by atoms with Crippen molar-refractivity contribution in [3.63, 3.8) is 0 Å². The quantitative estimate of drug-likeness (QED) is 0.734. The maximum Gasteiger partial charge on any atom is 0.231 e. The Balaban J connectivity index is 1.87. The fraction of sp³-hybridized carbons (Fsp3) is 0.400. The second kappa shape index (κ2) is 7.47. The fourth-order valence-corrected chi connectivity index (χ4v) is 2.81. The van der Waals surface area contributed by atoms with Gasteiger partial charge in [-0.3, -0.25) is 0 Å². The van der Waals surface area contributed by atoms with Gasteiger partial charge in [-0.15, -0.1) is 0 Å². The molecule has 2 aromatic rings. The highest BCUT2D eigenvalue weighted by atomic mass is 16.7. The van der Waals surface area contributed by atoms with E-state index in [1.54, 1.807) is 0 Å². The zero-order valence-electron chi connectivity index (χ0n) is 14.5. The molecular formula is C20H24O4. The van der Waals surface area contributed by atoms with E-state index in [1.807, 2.05) is 31.2 Å². The molecule has 4 heteroatoms. The highest BCUT2D eigenvalue weighted by molar-refractivity contribution is 5.54. The first-order valence-electron chi connectivity index (χ1n) is 8.52. The number of fused-ring (bicyclic) bond motifs is 1. The summed E-state index contributed by atoms with van der Waals surface area (Å²) in [5, 5.41) is 0. The largest absolute Gasteiger partial charge is 0.494 e. The third kappa shape index (κ3) is 3.42.